The van der Waals surface area contributed by atoms with E-state index in [1.165, 1.54) is 4.90 Å². The standard InChI is InChI=1S/C14H19N5O2S.HI/c1-15-14(17-8-12(20)19(2)3)16-7-10-9-21-13(18-10)11-5-4-6-22-11;/h4-6,9H,7-8H2,1-3H3,(H2,15,16,17);1H. The molecule has 0 aliphatic rings. The van der Waals surface area contributed by atoms with Crippen LogP contribution in [-0.4, -0.2) is 49.4 Å². The number of carbonyl (C=O) groups is 1. The zero-order valence-electron chi connectivity index (χ0n) is 13.2. The summed E-state index contributed by atoms with van der Waals surface area (Å²) in [5.74, 6) is 1.12. The van der Waals surface area contributed by atoms with Crippen molar-refractivity contribution in [2.45, 2.75) is 6.54 Å². The Balaban J connectivity index is 0.00000264. The molecule has 0 bridgehead atoms. The van der Waals surface area contributed by atoms with E-state index >= 15 is 0 Å². The normalized spacial score (nSPS) is 10.8. The molecule has 1 amide bonds. The van der Waals surface area contributed by atoms with Crippen LogP contribution < -0.4 is 10.6 Å². The molecular weight excluding hydrogens is 429 g/mol. The molecule has 0 aliphatic heterocycles. The summed E-state index contributed by atoms with van der Waals surface area (Å²) in [5, 5.41) is 8.01. The minimum atomic E-state index is -0.0237. The van der Waals surface area contributed by atoms with E-state index in [0.29, 0.717) is 18.4 Å². The van der Waals surface area contributed by atoms with Crippen molar-refractivity contribution in [1.82, 2.24) is 20.5 Å². The molecule has 0 unspecified atom stereocenters. The summed E-state index contributed by atoms with van der Waals surface area (Å²) in [6.45, 7) is 0.649. The molecule has 2 aromatic rings. The maximum Gasteiger partial charge on any atom is 0.241 e. The average Bonchev–Trinajstić information content (AvgIpc) is 3.17. The summed E-state index contributed by atoms with van der Waals surface area (Å²) in [4.78, 5) is 22.5. The van der Waals surface area contributed by atoms with Crippen molar-refractivity contribution < 1.29 is 9.21 Å². The first-order valence-electron chi connectivity index (χ1n) is 6.73. The molecule has 9 heteroatoms. The summed E-state index contributed by atoms with van der Waals surface area (Å²) >= 11 is 1.58. The Labute approximate surface area is 156 Å². The highest BCUT2D eigenvalue weighted by Gasteiger charge is 2.09. The van der Waals surface area contributed by atoms with Crippen molar-refractivity contribution in [3.63, 3.8) is 0 Å². The number of amides is 1. The fraction of sp³-hybridized carbons (Fsp3) is 0.357. The van der Waals surface area contributed by atoms with Crippen LogP contribution in [0.3, 0.4) is 0 Å². The predicted octanol–water partition coefficient (Wildman–Crippen LogP) is 1.77. The Hall–Kier alpha value is -1.62. The molecule has 0 atom stereocenters. The summed E-state index contributed by atoms with van der Waals surface area (Å²) in [6.07, 6.45) is 1.61. The lowest BCUT2D eigenvalue weighted by molar-refractivity contribution is -0.127. The van der Waals surface area contributed by atoms with Crippen LogP contribution in [0.5, 0.6) is 0 Å². The van der Waals surface area contributed by atoms with E-state index in [1.54, 1.807) is 38.7 Å². The number of carbonyl (C=O) groups excluding carboxylic acids is 1. The van der Waals surface area contributed by atoms with E-state index in [1.807, 2.05) is 17.5 Å². The Bertz CT molecular complexity index is 639. The Morgan fingerprint density at radius 2 is 2.22 bits per heavy atom. The molecule has 0 fully saturated rings. The van der Waals surface area contributed by atoms with Crippen molar-refractivity contribution >= 4 is 47.2 Å². The summed E-state index contributed by atoms with van der Waals surface area (Å²) in [7, 11) is 5.07. The minimum absolute atomic E-state index is 0. The molecule has 2 heterocycles. The number of rotatable bonds is 5. The number of thiophene rings is 1. The molecule has 0 aliphatic carbocycles. The molecule has 0 radical (unpaired) electrons. The molecule has 2 aromatic heterocycles. The van der Waals surface area contributed by atoms with Crippen molar-refractivity contribution in [2.75, 3.05) is 27.7 Å². The molecule has 23 heavy (non-hydrogen) atoms. The monoisotopic (exact) mass is 449 g/mol. The van der Waals surface area contributed by atoms with Gasteiger partial charge in [-0.3, -0.25) is 9.79 Å². The van der Waals surface area contributed by atoms with Gasteiger partial charge in [-0.2, -0.15) is 0 Å². The minimum Gasteiger partial charge on any atom is -0.443 e. The van der Waals surface area contributed by atoms with Gasteiger partial charge in [0, 0.05) is 21.1 Å². The first-order valence-corrected chi connectivity index (χ1v) is 7.61. The van der Waals surface area contributed by atoms with Gasteiger partial charge in [-0.25, -0.2) is 4.98 Å². The van der Waals surface area contributed by atoms with E-state index in [4.69, 9.17) is 4.42 Å². The van der Waals surface area contributed by atoms with Crippen molar-refractivity contribution in [1.29, 1.82) is 0 Å². The molecule has 2 N–H and O–H groups in total. The second-order valence-corrected chi connectivity index (χ2v) is 5.64. The number of likely N-dealkylation sites (N-methyl/N-ethyl adjacent to an activating group) is 1. The average molecular weight is 449 g/mol. The van der Waals surface area contributed by atoms with Crippen LogP contribution in [0.2, 0.25) is 0 Å². The van der Waals surface area contributed by atoms with Crippen LogP contribution >= 0.6 is 35.3 Å². The summed E-state index contributed by atoms with van der Waals surface area (Å²) in [6, 6.07) is 3.91. The Morgan fingerprint density at radius 3 is 2.83 bits per heavy atom. The van der Waals surface area contributed by atoms with Crippen LogP contribution in [0, 0.1) is 0 Å². The van der Waals surface area contributed by atoms with Crippen LogP contribution in [0.1, 0.15) is 5.69 Å². The number of oxazole rings is 1. The second-order valence-electron chi connectivity index (χ2n) is 4.69. The molecule has 2 rings (SSSR count). The smallest absolute Gasteiger partial charge is 0.241 e. The molecule has 126 valence electrons. The van der Waals surface area contributed by atoms with Crippen molar-refractivity contribution in [3.8, 4) is 10.8 Å². The van der Waals surface area contributed by atoms with E-state index in [2.05, 4.69) is 20.6 Å². The van der Waals surface area contributed by atoms with Gasteiger partial charge in [0.25, 0.3) is 0 Å². The number of nitrogens with one attached hydrogen (secondary N) is 2. The third-order valence-electron chi connectivity index (χ3n) is 2.85. The number of halogens is 1. The van der Waals surface area contributed by atoms with Crippen molar-refractivity contribution in [3.05, 3.63) is 29.5 Å². The van der Waals surface area contributed by atoms with Gasteiger partial charge in [-0.15, -0.1) is 35.3 Å². The van der Waals surface area contributed by atoms with Crippen LogP contribution in [0.15, 0.2) is 33.2 Å². The molecule has 7 nitrogen and oxygen atoms in total. The quantitative estimate of drug-likeness (QED) is 0.413. The number of nitrogens with zero attached hydrogens (tertiary/aromatic N) is 3. The van der Waals surface area contributed by atoms with Gasteiger partial charge in [0.2, 0.25) is 11.8 Å². The highest BCUT2D eigenvalue weighted by atomic mass is 127. The number of guanidine groups is 1. The molecule has 0 saturated heterocycles. The van der Waals surface area contributed by atoms with Crippen LogP contribution in [0.4, 0.5) is 0 Å². The van der Waals surface area contributed by atoms with E-state index in [9.17, 15) is 4.79 Å². The summed E-state index contributed by atoms with van der Waals surface area (Å²) < 4.78 is 5.44. The van der Waals surface area contributed by atoms with Gasteiger partial charge >= 0.3 is 0 Å². The van der Waals surface area contributed by atoms with Gasteiger partial charge < -0.3 is 20.0 Å². The van der Waals surface area contributed by atoms with Gasteiger partial charge in [-0.05, 0) is 11.4 Å². The van der Waals surface area contributed by atoms with Gasteiger partial charge in [0.05, 0.1) is 23.7 Å². The fourth-order valence-corrected chi connectivity index (χ4v) is 2.27. The van der Waals surface area contributed by atoms with Gasteiger partial charge in [0.15, 0.2) is 5.96 Å². The zero-order chi connectivity index (χ0) is 15.9. The first-order chi connectivity index (χ1) is 10.6. The Morgan fingerprint density at radius 1 is 1.43 bits per heavy atom. The molecule has 0 spiro atoms. The first kappa shape index (κ1) is 19.4. The molecule has 0 saturated carbocycles. The van der Waals surface area contributed by atoms with Crippen LogP contribution in [-0.2, 0) is 11.3 Å². The topological polar surface area (TPSA) is 82.8 Å². The SMILES string of the molecule is CN=C(NCC(=O)N(C)C)NCc1coc(-c2cccs2)n1.I. The van der Waals surface area contributed by atoms with E-state index in [-0.39, 0.29) is 36.4 Å². The summed E-state index contributed by atoms with van der Waals surface area (Å²) in [5.41, 5.74) is 0.769. The number of hydrogen-bond donors (Lipinski definition) is 2. The largest absolute Gasteiger partial charge is 0.443 e. The van der Waals surface area contributed by atoms with Gasteiger partial charge in [0.1, 0.15) is 6.26 Å². The second kappa shape index (κ2) is 9.50. The Kier molecular flexibility index (Phi) is 8.03. The molecular formula is C14H20IN5O2S. The highest BCUT2D eigenvalue weighted by molar-refractivity contribution is 14.0. The maximum atomic E-state index is 11.5. The third kappa shape index (κ3) is 5.82. The maximum absolute atomic E-state index is 11.5. The van der Waals surface area contributed by atoms with E-state index in [0.717, 1.165) is 10.6 Å². The van der Waals surface area contributed by atoms with Gasteiger partial charge in [-0.1, -0.05) is 6.07 Å². The number of aromatic nitrogens is 1. The van der Waals surface area contributed by atoms with E-state index < -0.39 is 0 Å². The van der Waals surface area contributed by atoms with Crippen LogP contribution in [0.25, 0.3) is 10.8 Å². The fourth-order valence-electron chi connectivity index (χ4n) is 1.61. The lowest BCUT2D eigenvalue weighted by Gasteiger charge is -2.13. The lowest BCUT2D eigenvalue weighted by Crippen LogP contribution is -2.42. The number of aliphatic imine (C=N–C) groups is 1. The third-order valence-corrected chi connectivity index (χ3v) is 3.71. The van der Waals surface area contributed by atoms with Crippen molar-refractivity contribution in [2.24, 2.45) is 4.99 Å². The predicted molar refractivity (Wildman–Crippen MR) is 102 cm³/mol. The highest BCUT2D eigenvalue weighted by Crippen LogP contribution is 2.23. The molecule has 0 aromatic carbocycles. The number of hydrogen-bond acceptors (Lipinski definition) is 5. The lowest BCUT2D eigenvalue weighted by atomic mass is 10.4. The zero-order valence-corrected chi connectivity index (χ0v) is 16.3.